The van der Waals surface area contributed by atoms with Gasteiger partial charge in [0.1, 0.15) is 5.15 Å². The number of rotatable bonds is 5. The number of ether oxygens (including phenoxy) is 2. The molecule has 1 aromatic heterocycles. The molecule has 1 aliphatic rings. The van der Waals surface area contributed by atoms with Crippen molar-refractivity contribution in [3.63, 3.8) is 0 Å². The second-order valence-electron chi connectivity index (χ2n) is 6.51. The van der Waals surface area contributed by atoms with E-state index in [1.54, 1.807) is 31.4 Å². The minimum absolute atomic E-state index is 0.0601. The molecule has 0 N–H and O–H groups in total. The van der Waals surface area contributed by atoms with Crippen LogP contribution in [0, 0.1) is 0 Å². The van der Waals surface area contributed by atoms with Gasteiger partial charge in [-0.3, -0.25) is 14.5 Å². The van der Waals surface area contributed by atoms with E-state index in [9.17, 15) is 9.59 Å². The minimum atomic E-state index is -0.371. The number of methoxy groups -OCH3 is 2. The summed E-state index contributed by atoms with van der Waals surface area (Å²) in [6.07, 6.45) is 1.66. The van der Waals surface area contributed by atoms with Gasteiger partial charge in [0.2, 0.25) is 0 Å². The molecule has 1 fully saturated rings. The maximum absolute atomic E-state index is 12.9. The van der Waals surface area contributed by atoms with Crippen LogP contribution in [0.3, 0.4) is 0 Å². The van der Waals surface area contributed by atoms with Crippen LogP contribution in [0.25, 0.3) is 17.0 Å². The lowest BCUT2D eigenvalue weighted by atomic mass is 10.1. The molecule has 1 aliphatic heterocycles. The summed E-state index contributed by atoms with van der Waals surface area (Å²) in [4.78, 5) is 31.2. The Labute approximate surface area is 182 Å². The van der Waals surface area contributed by atoms with E-state index in [0.717, 1.165) is 28.2 Å². The molecule has 6 nitrogen and oxygen atoms in total. The van der Waals surface area contributed by atoms with Gasteiger partial charge in [-0.2, -0.15) is 0 Å². The van der Waals surface area contributed by atoms with Crippen molar-refractivity contribution in [3.8, 4) is 11.5 Å². The summed E-state index contributed by atoms with van der Waals surface area (Å²) >= 11 is 7.19. The Hall–Kier alpha value is -3.03. The number of carbonyl (C=O) groups excluding carboxylic acids is 2. The molecular weight excluding hydrogens is 424 g/mol. The highest BCUT2D eigenvalue weighted by Gasteiger charge is 2.35. The van der Waals surface area contributed by atoms with Gasteiger partial charge in [0.15, 0.2) is 11.5 Å². The molecule has 2 heterocycles. The number of aromatic nitrogens is 1. The van der Waals surface area contributed by atoms with E-state index in [1.165, 1.54) is 12.0 Å². The number of carbonyl (C=O) groups is 2. The van der Waals surface area contributed by atoms with E-state index >= 15 is 0 Å². The van der Waals surface area contributed by atoms with Crippen LogP contribution in [-0.2, 0) is 11.3 Å². The third kappa shape index (κ3) is 3.86. The fourth-order valence-electron chi connectivity index (χ4n) is 3.15. The molecule has 0 aliphatic carbocycles. The summed E-state index contributed by atoms with van der Waals surface area (Å²) in [6.45, 7) is 0.0601. The van der Waals surface area contributed by atoms with Crippen molar-refractivity contribution >= 4 is 51.5 Å². The Balaban J connectivity index is 1.60. The maximum atomic E-state index is 12.9. The lowest BCUT2D eigenvalue weighted by molar-refractivity contribution is -0.123. The number of para-hydroxylation sites is 1. The van der Waals surface area contributed by atoms with Gasteiger partial charge in [-0.25, -0.2) is 4.98 Å². The summed E-state index contributed by atoms with van der Waals surface area (Å²) in [6, 6.07) is 14.7. The number of thioether (sulfide) groups is 1. The number of hydrogen-bond donors (Lipinski definition) is 0. The highest BCUT2D eigenvalue weighted by atomic mass is 35.5. The van der Waals surface area contributed by atoms with Gasteiger partial charge in [-0.05, 0) is 47.7 Å². The van der Waals surface area contributed by atoms with E-state index < -0.39 is 0 Å². The van der Waals surface area contributed by atoms with Crippen LogP contribution in [0.5, 0.6) is 11.5 Å². The normalized spacial score (nSPS) is 15.3. The highest BCUT2D eigenvalue weighted by Crippen LogP contribution is 2.36. The summed E-state index contributed by atoms with van der Waals surface area (Å²) in [5.74, 6) is 0.754. The van der Waals surface area contributed by atoms with Gasteiger partial charge in [-0.15, -0.1) is 0 Å². The van der Waals surface area contributed by atoms with Crippen molar-refractivity contribution in [2.45, 2.75) is 6.54 Å². The van der Waals surface area contributed by atoms with E-state index in [4.69, 9.17) is 21.1 Å². The summed E-state index contributed by atoms with van der Waals surface area (Å²) in [5, 5.41) is 0.817. The van der Waals surface area contributed by atoms with E-state index in [1.807, 2.05) is 30.3 Å². The predicted octanol–water partition coefficient (Wildman–Crippen LogP) is 5.14. The first-order valence-electron chi connectivity index (χ1n) is 9.01. The average molecular weight is 441 g/mol. The quantitative estimate of drug-likeness (QED) is 0.404. The minimum Gasteiger partial charge on any atom is -0.493 e. The molecule has 8 heteroatoms. The molecule has 0 bridgehead atoms. The van der Waals surface area contributed by atoms with Gasteiger partial charge in [-0.1, -0.05) is 35.9 Å². The fraction of sp³-hybridized carbons (Fsp3) is 0.136. The molecule has 2 amide bonds. The average Bonchev–Trinajstić information content (AvgIpc) is 3.01. The molecule has 4 rings (SSSR count). The van der Waals surface area contributed by atoms with Gasteiger partial charge in [0.25, 0.3) is 11.1 Å². The van der Waals surface area contributed by atoms with Gasteiger partial charge >= 0.3 is 0 Å². The van der Waals surface area contributed by atoms with Crippen molar-refractivity contribution in [2.24, 2.45) is 0 Å². The Bertz CT molecular complexity index is 1190. The number of fused-ring (bicyclic) bond motifs is 1. The van der Waals surface area contributed by atoms with Crippen LogP contribution >= 0.6 is 23.4 Å². The van der Waals surface area contributed by atoms with Crippen molar-refractivity contribution < 1.29 is 19.1 Å². The lowest BCUT2D eigenvalue weighted by Gasteiger charge is -2.14. The first kappa shape index (κ1) is 20.3. The third-order valence-electron chi connectivity index (χ3n) is 4.66. The molecule has 0 unspecified atom stereocenters. The van der Waals surface area contributed by atoms with Crippen LogP contribution in [0.1, 0.15) is 11.1 Å². The van der Waals surface area contributed by atoms with E-state index in [0.29, 0.717) is 22.0 Å². The number of hydrogen-bond acceptors (Lipinski definition) is 6. The van der Waals surface area contributed by atoms with E-state index in [2.05, 4.69) is 4.98 Å². The van der Waals surface area contributed by atoms with Crippen LogP contribution in [-0.4, -0.2) is 35.2 Å². The summed E-state index contributed by atoms with van der Waals surface area (Å²) in [7, 11) is 3.09. The standard InChI is InChI=1S/C22H17ClN2O4S/c1-28-17-8-7-13(9-18(17)29-2)10-19-21(26)25(22(27)30-19)12-15-11-14-5-3-4-6-16(14)24-20(15)23/h3-11H,12H2,1-2H3/b19-10-. The second kappa shape index (κ2) is 8.38. The van der Waals surface area contributed by atoms with Crippen molar-refractivity contribution in [1.82, 2.24) is 9.88 Å². The summed E-state index contributed by atoms with van der Waals surface area (Å²) < 4.78 is 10.5. The van der Waals surface area contributed by atoms with Crippen LogP contribution in [0.15, 0.2) is 53.4 Å². The van der Waals surface area contributed by atoms with Gasteiger partial charge < -0.3 is 9.47 Å². The topological polar surface area (TPSA) is 68.7 Å². The smallest absolute Gasteiger partial charge is 0.293 e. The Morgan fingerprint density at radius 3 is 2.60 bits per heavy atom. The zero-order chi connectivity index (χ0) is 21.3. The number of pyridine rings is 1. The lowest BCUT2D eigenvalue weighted by Crippen LogP contribution is -2.27. The molecule has 0 atom stereocenters. The number of imide groups is 1. The molecule has 30 heavy (non-hydrogen) atoms. The molecule has 2 aromatic carbocycles. The van der Waals surface area contributed by atoms with Gasteiger partial charge in [0, 0.05) is 10.9 Å². The number of nitrogens with zero attached hydrogens (tertiary/aromatic N) is 2. The molecule has 1 saturated heterocycles. The number of amides is 2. The molecule has 0 spiro atoms. The zero-order valence-corrected chi connectivity index (χ0v) is 17.8. The van der Waals surface area contributed by atoms with Gasteiger partial charge in [0.05, 0.1) is 31.2 Å². The second-order valence-corrected chi connectivity index (χ2v) is 7.86. The third-order valence-corrected chi connectivity index (χ3v) is 5.89. The molecule has 3 aromatic rings. The molecule has 152 valence electrons. The Morgan fingerprint density at radius 2 is 1.83 bits per heavy atom. The molecule has 0 saturated carbocycles. The van der Waals surface area contributed by atoms with Crippen molar-refractivity contribution in [2.75, 3.05) is 14.2 Å². The number of halogens is 1. The zero-order valence-electron chi connectivity index (χ0n) is 16.2. The predicted molar refractivity (Wildman–Crippen MR) is 118 cm³/mol. The van der Waals surface area contributed by atoms with Crippen LogP contribution in [0.4, 0.5) is 4.79 Å². The Morgan fingerprint density at radius 1 is 1.07 bits per heavy atom. The summed E-state index contributed by atoms with van der Waals surface area (Å²) in [5.41, 5.74) is 2.10. The fourth-order valence-corrected chi connectivity index (χ4v) is 4.19. The van der Waals surface area contributed by atoms with E-state index in [-0.39, 0.29) is 22.8 Å². The van der Waals surface area contributed by atoms with Crippen LogP contribution in [0.2, 0.25) is 5.15 Å². The molecular formula is C22H17ClN2O4S. The Kier molecular flexibility index (Phi) is 5.65. The largest absolute Gasteiger partial charge is 0.493 e. The SMILES string of the molecule is COc1ccc(/C=C2\SC(=O)N(Cc3cc4ccccc4nc3Cl)C2=O)cc1OC. The molecule has 0 radical (unpaired) electrons. The highest BCUT2D eigenvalue weighted by molar-refractivity contribution is 8.18. The maximum Gasteiger partial charge on any atom is 0.293 e. The van der Waals surface area contributed by atoms with Crippen LogP contribution < -0.4 is 9.47 Å². The first-order chi connectivity index (χ1) is 14.5. The monoisotopic (exact) mass is 440 g/mol. The first-order valence-corrected chi connectivity index (χ1v) is 10.2. The van der Waals surface area contributed by atoms with Crippen molar-refractivity contribution in [3.05, 3.63) is 69.7 Å². The van der Waals surface area contributed by atoms with Crippen molar-refractivity contribution in [1.29, 1.82) is 0 Å². The number of benzene rings is 2.